The highest BCUT2D eigenvalue weighted by atomic mass is 16.5. The van der Waals surface area contributed by atoms with Gasteiger partial charge in [-0.2, -0.15) is 0 Å². The third-order valence-electron chi connectivity index (χ3n) is 1.91. The highest BCUT2D eigenvalue weighted by molar-refractivity contribution is 5.87. The smallest absolute Gasteiger partial charge is 0.355 e. The Bertz CT molecular complexity index is 423. The number of aromatic amines is 1. The molecule has 2 heterocycles. The molecule has 0 saturated carbocycles. The number of carbonyl (C=O) groups is 1. The Morgan fingerprint density at radius 2 is 2.33 bits per heavy atom. The molecular weight excluding hydrogens is 192 g/mol. The lowest BCUT2D eigenvalue weighted by atomic mass is 10.3. The number of ether oxygens (including phenoxy) is 1. The maximum Gasteiger partial charge on any atom is 0.355 e. The molecule has 0 amide bonds. The fourth-order valence-electron chi connectivity index (χ4n) is 1.17. The normalized spacial score (nSPS) is 9.87. The fourth-order valence-corrected chi connectivity index (χ4v) is 1.17. The first-order chi connectivity index (χ1) is 7.36. The average molecular weight is 202 g/mol. The number of hydrogen-bond donors (Lipinski definition) is 1. The zero-order valence-electron chi connectivity index (χ0n) is 8.01. The van der Waals surface area contributed by atoms with Crippen LogP contribution in [0.4, 0.5) is 0 Å². The Balaban J connectivity index is 1.92. The number of pyridine rings is 1. The van der Waals surface area contributed by atoms with E-state index in [2.05, 4.69) is 9.97 Å². The molecule has 0 bridgehead atoms. The summed E-state index contributed by atoms with van der Waals surface area (Å²) in [7, 11) is 0. The molecule has 1 N–H and O–H groups in total. The van der Waals surface area contributed by atoms with Gasteiger partial charge in [0.25, 0.3) is 0 Å². The van der Waals surface area contributed by atoms with Gasteiger partial charge < -0.3 is 9.72 Å². The minimum Gasteiger partial charge on any atom is -0.456 e. The summed E-state index contributed by atoms with van der Waals surface area (Å²) >= 11 is 0. The van der Waals surface area contributed by atoms with E-state index in [4.69, 9.17) is 4.74 Å². The Kier molecular flexibility index (Phi) is 2.78. The molecule has 2 aromatic rings. The van der Waals surface area contributed by atoms with Crippen molar-refractivity contribution in [1.29, 1.82) is 0 Å². The van der Waals surface area contributed by atoms with Crippen LogP contribution in [-0.2, 0) is 11.3 Å². The quantitative estimate of drug-likeness (QED) is 0.771. The molecule has 4 heteroatoms. The highest BCUT2D eigenvalue weighted by Crippen LogP contribution is 2.02. The van der Waals surface area contributed by atoms with Crippen LogP contribution in [0.25, 0.3) is 0 Å². The summed E-state index contributed by atoms with van der Waals surface area (Å²) in [5, 5.41) is 0. The van der Waals surface area contributed by atoms with E-state index >= 15 is 0 Å². The topological polar surface area (TPSA) is 55.0 Å². The van der Waals surface area contributed by atoms with Gasteiger partial charge in [0.05, 0.1) is 0 Å². The summed E-state index contributed by atoms with van der Waals surface area (Å²) in [4.78, 5) is 18.1. The van der Waals surface area contributed by atoms with E-state index < -0.39 is 0 Å². The van der Waals surface area contributed by atoms with Gasteiger partial charge in [0.15, 0.2) is 0 Å². The third kappa shape index (κ3) is 2.43. The van der Waals surface area contributed by atoms with Gasteiger partial charge in [-0.25, -0.2) is 4.79 Å². The van der Waals surface area contributed by atoms with E-state index in [0.717, 1.165) is 5.56 Å². The van der Waals surface area contributed by atoms with Crippen molar-refractivity contribution in [2.45, 2.75) is 6.61 Å². The fraction of sp³-hybridized carbons (Fsp3) is 0.0909. The highest BCUT2D eigenvalue weighted by Gasteiger charge is 2.06. The largest absolute Gasteiger partial charge is 0.456 e. The summed E-state index contributed by atoms with van der Waals surface area (Å²) < 4.78 is 5.06. The summed E-state index contributed by atoms with van der Waals surface area (Å²) in [5.74, 6) is -0.358. The molecule has 15 heavy (non-hydrogen) atoms. The van der Waals surface area contributed by atoms with E-state index in [0.29, 0.717) is 5.69 Å². The van der Waals surface area contributed by atoms with Crippen molar-refractivity contribution < 1.29 is 9.53 Å². The average Bonchev–Trinajstić information content (AvgIpc) is 2.81. The van der Waals surface area contributed by atoms with Crippen molar-refractivity contribution in [3.05, 3.63) is 54.1 Å². The van der Waals surface area contributed by atoms with Crippen LogP contribution in [0.2, 0.25) is 0 Å². The first-order valence-corrected chi connectivity index (χ1v) is 4.55. The van der Waals surface area contributed by atoms with E-state index in [1.807, 2.05) is 6.07 Å². The van der Waals surface area contributed by atoms with Gasteiger partial charge in [-0.05, 0) is 18.2 Å². The van der Waals surface area contributed by atoms with Gasteiger partial charge in [-0.1, -0.05) is 6.07 Å². The van der Waals surface area contributed by atoms with Crippen molar-refractivity contribution in [2.24, 2.45) is 0 Å². The van der Waals surface area contributed by atoms with E-state index in [1.165, 1.54) is 0 Å². The maximum atomic E-state index is 11.4. The lowest BCUT2D eigenvalue weighted by Crippen LogP contribution is -2.05. The molecule has 0 aliphatic carbocycles. The predicted octanol–water partition coefficient (Wildman–Crippen LogP) is 1.77. The first kappa shape index (κ1) is 9.45. The second kappa shape index (κ2) is 4.41. The Morgan fingerprint density at radius 1 is 1.40 bits per heavy atom. The van der Waals surface area contributed by atoms with Crippen LogP contribution >= 0.6 is 0 Å². The van der Waals surface area contributed by atoms with Crippen LogP contribution in [0, 0.1) is 0 Å². The number of rotatable bonds is 3. The number of esters is 1. The first-order valence-electron chi connectivity index (χ1n) is 4.55. The van der Waals surface area contributed by atoms with Crippen LogP contribution < -0.4 is 0 Å². The van der Waals surface area contributed by atoms with Crippen LogP contribution in [0.3, 0.4) is 0 Å². The Labute approximate surface area is 86.9 Å². The van der Waals surface area contributed by atoms with Gasteiger partial charge in [-0.15, -0.1) is 0 Å². The Morgan fingerprint density at radius 3 is 3.00 bits per heavy atom. The lowest BCUT2D eigenvalue weighted by molar-refractivity contribution is 0.0466. The summed E-state index contributed by atoms with van der Waals surface area (Å²) in [5.41, 5.74) is 1.33. The predicted molar refractivity (Wildman–Crippen MR) is 54.1 cm³/mol. The second-order valence-electron chi connectivity index (χ2n) is 3.02. The molecule has 0 aliphatic rings. The third-order valence-corrected chi connectivity index (χ3v) is 1.91. The van der Waals surface area contributed by atoms with Gasteiger partial charge in [-0.3, -0.25) is 4.98 Å². The minimum absolute atomic E-state index is 0.242. The van der Waals surface area contributed by atoms with Crippen molar-refractivity contribution >= 4 is 5.97 Å². The van der Waals surface area contributed by atoms with Crippen LogP contribution in [0.15, 0.2) is 42.9 Å². The molecule has 0 atom stereocenters. The molecule has 0 unspecified atom stereocenters. The summed E-state index contributed by atoms with van der Waals surface area (Å²) in [6, 6.07) is 7.08. The van der Waals surface area contributed by atoms with E-state index in [-0.39, 0.29) is 12.6 Å². The monoisotopic (exact) mass is 202 g/mol. The minimum atomic E-state index is -0.358. The Hall–Kier alpha value is -2.10. The van der Waals surface area contributed by atoms with E-state index in [1.54, 1.807) is 36.8 Å². The molecule has 76 valence electrons. The van der Waals surface area contributed by atoms with Gasteiger partial charge in [0.2, 0.25) is 0 Å². The number of hydrogen-bond acceptors (Lipinski definition) is 3. The number of carbonyl (C=O) groups excluding carboxylic acids is 1. The van der Waals surface area contributed by atoms with Gasteiger partial charge in [0.1, 0.15) is 12.3 Å². The van der Waals surface area contributed by atoms with Crippen LogP contribution in [0.5, 0.6) is 0 Å². The molecule has 0 saturated heterocycles. The molecule has 0 radical (unpaired) electrons. The standard InChI is InChI=1S/C11H10N2O2/c14-11(10-4-2-6-13-10)15-8-9-3-1-5-12-7-9/h1-7,13H,8H2. The molecule has 4 nitrogen and oxygen atoms in total. The van der Waals surface area contributed by atoms with Crippen molar-refractivity contribution in [3.8, 4) is 0 Å². The van der Waals surface area contributed by atoms with Crippen LogP contribution in [-0.4, -0.2) is 15.9 Å². The maximum absolute atomic E-state index is 11.4. The second-order valence-corrected chi connectivity index (χ2v) is 3.02. The summed E-state index contributed by atoms with van der Waals surface area (Å²) in [6.45, 7) is 0.242. The number of aromatic nitrogens is 2. The SMILES string of the molecule is O=C(OCc1cccnc1)c1ccc[nH]1. The number of nitrogens with one attached hydrogen (secondary N) is 1. The zero-order chi connectivity index (χ0) is 10.5. The van der Waals surface area contributed by atoms with E-state index in [9.17, 15) is 4.79 Å². The zero-order valence-corrected chi connectivity index (χ0v) is 8.01. The molecule has 2 aromatic heterocycles. The van der Waals surface area contributed by atoms with Crippen molar-refractivity contribution in [2.75, 3.05) is 0 Å². The molecule has 0 fully saturated rings. The van der Waals surface area contributed by atoms with Crippen LogP contribution in [0.1, 0.15) is 16.1 Å². The molecule has 2 rings (SSSR count). The molecular formula is C11H10N2O2. The molecule has 0 aromatic carbocycles. The number of nitrogens with zero attached hydrogens (tertiary/aromatic N) is 1. The summed E-state index contributed by atoms with van der Waals surface area (Å²) in [6.07, 6.45) is 5.03. The lowest BCUT2D eigenvalue weighted by Gasteiger charge is -2.02. The molecule has 0 aliphatic heterocycles. The molecule has 0 spiro atoms. The van der Waals surface area contributed by atoms with Crippen molar-refractivity contribution in [3.63, 3.8) is 0 Å². The van der Waals surface area contributed by atoms with Gasteiger partial charge >= 0.3 is 5.97 Å². The van der Waals surface area contributed by atoms with Gasteiger partial charge in [0, 0.05) is 24.2 Å². The number of H-pyrrole nitrogens is 1. The van der Waals surface area contributed by atoms with Crippen molar-refractivity contribution in [1.82, 2.24) is 9.97 Å².